The lowest BCUT2D eigenvalue weighted by Crippen LogP contribution is -2.38. The van der Waals surface area contributed by atoms with Crippen LogP contribution >= 0.6 is 0 Å². The van der Waals surface area contributed by atoms with Crippen molar-refractivity contribution in [1.29, 1.82) is 0 Å². The topological polar surface area (TPSA) is 105 Å². The summed E-state index contributed by atoms with van der Waals surface area (Å²) in [5, 5.41) is 5.58. The highest BCUT2D eigenvalue weighted by Crippen LogP contribution is 2.26. The molecule has 0 aliphatic carbocycles. The van der Waals surface area contributed by atoms with Gasteiger partial charge in [-0.3, -0.25) is 13.9 Å². The van der Waals surface area contributed by atoms with Gasteiger partial charge in [0.05, 0.1) is 28.4 Å². The van der Waals surface area contributed by atoms with Crippen molar-refractivity contribution in [3.63, 3.8) is 0 Å². The van der Waals surface area contributed by atoms with Crippen LogP contribution in [0.1, 0.15) is 28.4 Å². The zero-order valence-electron chi connectivity index (χ0n) is 22.3. The second-order valence-electron chi connectivity index (χ2n) is 9.01. The van der Waals surface area contributed by atoms with E-state index in [1.807, 2.05) is 44.2 Å². The number of amides is 2. The third-order valence-corrected chi connectivity index (χ3v) is 7.86. The first-order chi connectivity index (χ1) is 19.3. The number of para-hydroxylation sites is 1. The summed E-state index contributed by atoms with van der Waals surface area (Å²) in [5.74, 6) is -0.418. The minimum absolute atomic E-state index is 0.0185. The van der Waals surface area contributed by atoms with E-state index >= 15 is 0 Å². The summed E-state index contributed by atoms with van der Waals surface area (Å²) >= 11 is 0. The number of anilines is 2. The van der Waals surface area contributed by atoms with Crippen LogP contribution in [0.4, 0.5) is 11.4 Å². The highest BCUT2D eigenvalue weighted by atomic mass is 32.2. The zero-order valence-corrected chi connectivity index (χ0v) is 23.1. The third-order valence-electron chi connectivity index (χ3n) is 6.07. The first kappa shape index (κ1) is 28.4. The maximum atomic E-state index is 13.7. The number of hydrogen-bond acceptors (Lipinski definition) is 5. The van der Waals surface area contributed by atoms with E-state index in [4.69, 9.17) is 4.74 Å². The summed E-state index contributed by atoms with van der Waals surface area (Å²) in [5.41, 5.74) is 2.76. The van der Waals surface area contributed by atoms with E-state index in [1.54, 1.807) is 60.7 Å². The molecule has 0 bridgehead atoms. The molecule has 0 spiro atoms. The molecule has 0 saturated carbocycles. The van der Waals surface area contributed by atoms with E-state index < -0.39 is 22.5 Å². The van der Waals surface area contributed by atoms with Crippen molar-refractivity contribution in [3.8, 4) is 5.75 Å². The number of ether oxygens (including phenoxy) is 1. The zero-order chi connectivity index (χ0) is 28.5. The average molecular weight is 558 g/mol. The van der Waals surface area contributed by atoms with Gasteiger partial charge in [0.1, 0.15) is 12.3 Å². The van der Waals surface area contributed by atoms with Crippen LogP contribution < -0.4 is 19.7 Å². The number of aryl methyl sites for hydroxylation is 1. The van der Waals surface area contributed by atoms with Crippen molar-refractivity contribution in [2.75, 3.05) is 22.8 Å². The van der Waals surface area contributed by atoms with Gasteiger partial charge in [-0.2, -0.15) is 0 Å². The SMILES string of the molecule is CCOc1ccc(S(=O)(=O)N(CC(=O)Nc2ccccc2C(=O)NCc2ccccc2)c2ccc(C)cc2)cc1. The van der Waals surface area contributed by atoms with Gasteiger partial charge in [-0.05, 0) is 67.9 Å². The summed E-state index contributed by atoms with van der Waals surface area (Å²) in [4.78, 5) is 26.2. The fourth-order valence-electron chi connectivity index (χ4n) is 4.01. The van der Waals surface area contributed by atoms with E-state index in [9.17, 15) is 18.0 Å². The van der Waals surface area contributed by atoms with Crippen LogP contribution in [0.25, 0.3) is 0 Å². The fraction of sp³-hybridized carbons (Fsp3) is 0.161. The normalized spacial score (nSPS) is 10.9. The Morgan fingerprint density at radius 2 is 1.48 bits per heavy atom. The monoisotopic (exact) mass is 557 g/mol. The minimum Gasteiger partial charge on any atom is -0.494 e. The minimum atomic E-state index is -4.11. The van der Waals surface area contributed by atoms with Crippen molar-refractivity contribution in [1.82, 2.24) is 5.32 Å². The second kappa shape index (κ2) is 12.9. The number of nitrogens with zero attached hydrogens (tertiary/aromatic N) is 1. The maximum Gasteiger partial charge on any atom is 0.264 e. The number of carbonyl (C=O) groups is 2. The molecule has 2 N–H and O–H groups in total. The highest BCUT2D eigenvalue weighted by Gasteiger charge is 2.28. The van der Waals surface area contributed by atoms with Crippen molar-refractivity contribution in [2.24, 2.45) is 0 Å². The standard InChI is InChI=1S/C31H31N3O5S/c1-3-39-26-17-19-27(20-18-26)40(37,38)34(25-15-13-23(2)14-16-25)22-30(35)33-29-12-8-7-11-28(29)31(36)32-21-24-9-5-4-6-10-24/h4-20H,3,21-22H2,1-2H3,(H,32,36)(H,33,35). The van der Waals surface area contributed by atoms with E-state index in [0.717, 1.165) is 15.4 Å². The predicted octanol–water partition coefficient (Wildman–Crippen LogP) is 5.16. The van der Waals surface area contributed by atoms with Crippen molar-refractivity contribution in [3.05, 3.63) is 120 Å². The van der Waals surface area contributed by atoms with Crippen LogP contribution in [-0.2, 0) is 21.4 Å². The number of carbonyl (C=O) groups excluding carboxylic acids is 2. The van der Waals surface area contributed by atoms with Crippen LogP contribution in [0.3, 0.4) is 0 Å². The summed E-state index contributed by atoms with van der Waals surface area (Å²) < 4.78 is 33.9. The number of hydrogen-bond donors (Lipinski definition) is 2. The Bertz CT molecular complexity index is 1560. The molecule has 4 rings (SSSR count). The summed E-state index contributed by atoms with van der Waals surface area (Å²) in [7, 11) is -4.11. The number of benzene rings is 4. The van der Waals surface area contributed by atoms with Gasteiger partial charge in [-0.25, -0.2) is 8.42 Å². The molecule has 0 atom stereocenters. The van der Waals surface area contributed by atoms with E-state index in [1.165, 1.54) is 12.1 Å². The van der Waals surface area contributed by atoms with Gasteiger partial charge < -0.3 is 15.4 Å². The Balaban J connectivity index is 1.56. The lowest BCUT2D eigenvalue weighted by molar-refractivity contribution is -0.114. The summed E-state index contributed by atoms with van der Waals surface area (Å²) in [6, 6.07) is 29.0. The van der Waals surface area contributed by atoms with E-state index in [-0.39, 0.29) is 22.1 Å². The van der Waals surface area contributed by atoms with Gasteiger partial charge in [0.2, 0.25) is 5.91 Å². The Hall–Kier alpha value is -4.63. The quantitative estimate of drug-likeness (QED) is 0.265. The Morgan fingerprint density at radius 1 is 0.825 bits per heavy atom. The predicted molar refractivity (Wildman–Crippen MR) is 156 cm³/mol. The molecule has 4 aromatic rings. The molecular formula is C31H31N3O5S. The Kier molecular flexibility index (Phi) is 9.19. The summed E-state index contributed by atoms with van der Waals surface area (Å²) in [6.45, 7) is 4.00. The molecule has 4 aromatic carbocycles. The number of nitrogens with one attached hydrogen (secondary N) is 2. The fourth-order valence-corrected chi connectivity index (χ4v) is 5.43. The first-order valence-electron chi connectivity index (χ1n) is 12.8. The van der Waals surface area contributed by atoms with Crippen molar-refractivity contribution >= 4 is 33.2 Å². The van der Waals surface area contributed by atoms with Gasteiger partial charge in [0.15, 0.2) is 0 Å². The molecular weight excluding hydrogens is 526 g/mol. The largest absolute Gasteiger partial charge is 0.494 e. The summed E-state index contributed by atoms with van der Waals surface area (Å²) in [6.07, 6.45) is 0. The average Bonchev–Trinajstić information content (AvgIpc) is 2.96. The number of rotatable bonds is 11. The molecule has 2 amide bonds. The Morgan fingerprint density at radius 3 is 2.15 bits per heavy atom. The van der Waals surface area contributed by atoms with Gasteiger partial charge in [-0.1, -0.05) is 60.2 Å². The lowest BCUT2D eigenvalue weighted by atomic mass is 10.1. The molecule has 0 heterocycles. The number of sulfonamides is 1. The smallest absolute Gasteiger partial charge is 0.264 e. The Labute approximate surface area is 234 Å². The van der Waals surface area contributed by atoms with Gasteiger partial charge in [0, 0.05) is 6.54 Å². The third kappa shape index (κ3) is 7.06. The van der Waals surface area contributed by atoms with Crippen LogP contribution in [-0.4, -0.2) is 33.4 Å². The molecule has 0 aromatic heterocycles. The molecule has 40 heavy (non-hydrogen) atoms. The highest BCUT2D eigenvalue weighted by molar-refractivity contribution is 7.92. The molecule has 0 aliphatic heterocycles. The molecule has 0 fully saturated rings. The van der Waals surface area contributed by atoms with Crippen molar-refractivity contribution in [2.45, 2.75) is 25.3 Å². The van der Waals surface area contributed by atoms with Gasteiger partial charge in [0.25, 0.3) is 15.9 Å². The van der Waals surface area contributed by atoms with E-state index in [0.29, 0.717) is 24.6 Å². The molecule has 0 aliphatic rings. The first-order valence-corrected chi connectivity index (χ1v) is 14.2. The second-order valence-corrected chi connectivity index (χ2v) is 10.9. The molecule has 206 valence electrons. The molecule has 9 heteroatoms. The van der Waals surface area contributed by atoms with Crippen LogP contribution in [0.2, 0.25) is 0 Å². The van der Waals surface area contributed by atoms with Gasteiger partial charge >= 0.3 is 0 Å². The molecule has 0 unspecified atom stereocenters. The van der Waals surface area contributed by atoms with Gasteiger partial charge in [-0.15, -0.1) is 0 Å². The van der Waals surface area contributed by atoms with E-state index in [2.05, 4.69) is 10.6 Å². The van der Waals surface area contributed by atoms with Crippen molar-refractivity contribution < 1.29 is 22.7 Å². The van der Waals surface area contributed by atoms with Crippen LogP contribution in [0.15, 0.2) is 108 Å². The lowest BCUT2D eigenvalue weighted by Gasteiger charge is -2.24. The molecule has 8 nitrogen and oxygen atoms in total. The molecule has 0 saturated heterocycles. The van der Waals surface area contributed by atoms with Crippen LogP contribution in [0.5, 0.6) is 5.75 Å². The van der Waals surface area contributed by atoms with Crippen LogP contribution in [0, 0.1) is 6.92 Å². The molecule has 0 radical (unpaired) electrons. The maximum absolute atomic E-state index is 13.7.